The van der Waals surface area contributed by atoms with Gasteiger partial charge in [-0.05, 0) is 49.8 Å². The smallest absolute Gasteiger partial charge is 0.388 e. The van der Waals surface area contributed by atoms with E-state index in [1.165, 1.54) is 12.1 Å². The number of nitrogens with zero attached hydrogens (tertiary/aromatic N) is 1. The number of anilines is 1. The SMILES string of the molecule is N[C@H]1CC[C@@H](CNc2cc(-c3n[nH]c(=O)o3)ccc2C(F)(F)F)CC1. The second kappa shape index (κ2) is 6.91. The molecule has 0 unspecified atom stereocenters. The first-order valence-electron chi connectivity index (χ1n) is 8.09. The number of aromatic nitrogens is 2. The predicted molar refractivity (Wildman–Crippen MR) is 86.0 cm³/mol. The molecular weight excluding hydrogens is 337 g/mol. The Balaban J connectivity index is 1.82. The molecule has 1 aliphatic rings. The summed E-state index contributed by atoms with van der Waals surface area (Å²) in [5.74, 6) is -0.527. The molecule has 0 spiro atoms. The largest absolute Gasteiger partial charge is 0.434 e. The lowest BCUT2D eigenvalue weighted by atomic mass is 9.86. The van der Waals surface area contributed by atoms with E-state index >= 15 is 0 Å². The monoisotopic (exact) mass is 356 g/mol. The Labute approximate surface area is 141 Å². The first kappa shape index (κ1) is 17.5. The van der Waals surface area contributed by atoms with E-state index in [2.05, 4.69) is 15.5 Å². The quantitative estimate of drug-likeness (QED) is 0.782. The van der Waals surface area contributed by atoms with Gasteiger partial charge in [-0.1, -0.05) is 0 Å². The average Bonchev–Trinajstić information content (AvgIpc) is 3.00. The summed E-state index contributed by atoms with van der Waals surface area (Å²) in [4.78, 5) is 11.0. The first-order chi connectivity index (χ1) is 11.8. The zero-order valence-corrected chi connectivity index (χ0v) is 13.4. The number of hydrogen-bond donors (Lipinski definition) is 3. The molecule has 1 saturated carbocycles. The minimum Gasteiger partial charge on any atom is -0.388 e. The second-order valence-electron chi connectivity index (χ2n) is 6.34. The van der Waals surface area contributed by atoms with Gasteiger partial charge in [0, 0.05) is 23.8 Å². The molecule has 1 aromatic heterocycles. The van der Waals surface area contributed by atoms with Gasteiger partial charge in [0.1, 0.15) is 0 Å². The number of nitrogens with two attached hydrogens (primary N) is 1. The Kier molecular flexibility index (Phi) is 4.85. The number of H-pyrrole nitrogens is 1. The van der Waals surface area contributed by atoms with Crippen molar-refractivity contribution >= 4 is 5.69 Å². The highest BCUT2D eigenvalue weighted by atomic mass is 19.4. The molecule has 2 aromatic rings. The van der Waals surface area contributed by atoms with Gasteiger partial charge < -0.3 is 15.5 Å². The molecule has 136 valence electrons. The van der Waals surface area contributed by atoms with Crippen LogP contribution in [0.4, 0.5) is 18.9 Å². The number of benzene rings is 1. The van der Waals surface area contributed by atoms with Crippen molar-refractivity contribution < 1.29 is 17.6 Å². The molecule has 0 aliphatic heterocycles. The number of rotatable bonds is 4. The van der Waals surface area contributed by atoms with Crippen LogP contribution in [0, 0.1) is 5.92 Å². The number of hydrogen-bond acceptors (Lipinski definition) is 5. The molecule has 3 rings (SSSR count). The van der Waals surface area contributed by atoms with Gasteiger partial charge in [0.05, 0.1) is 5.56 Å². The van der Waals surface area contributed by atoms with Crippen molar-refractivity contribution in [2.24, 2.45) is 11.7 Å². The molecule has 0 radical (unpaired) electrons. The Morgan fingerprint density at radius 3 is 2.60 bits per heavy atom. The lowest BCUT2D eigenvalue weighted by Gasteiger charge is -2.27. The molecule has 1 aliphatic carbocycles. The molecule has 0 bridgehead atoms. The molecule has 1 heterocycles. The fourth-order valence-electron chi connectivity index (χ4n) is 3.07. The van der Waals surface area contributed by atoms with Gasteiger partial charge in [-0.3, -0.25) is 0 Å². The number of halogens is 3. The lowest BCUT2D eigenvalue weighted by Crippen LogP contribution is -2.29. The zero-order valence-electron chi connectivity index (χ0n) is 13.4. The van der Waals surface area contributed by atoms with Gasteiger partial charge >= 0.3 is 11.9 Å². The Hall–Kier alpha value is -2.29. The summed E-state index contributed by atoms with van der Waals surface area (Å²) >= 11 is 0. The predicted octanol–water partition coefficient (Wildman–Crippen LogP) is 2.98. The van der Waals surface area contributed by atoms with Crippen LogP contribution in [0.5, 0.6) is 0 Å². The summed E-state index contributed by atoms with van der Waals surface area (Å²) in [7, 11) is 0. The van der Waals surface area contributed by atoms with Crippen molar-refractivity contribution in [2.75, 3.05) is 11.9 Å². The summed E-state index contributed by atoms with van der Waals surface area (Å²) in [6.07, 6.45) is -0.928. The second-order valence-corrected chi connectivity index (χ2v) is 6.34. The van der Waals surface area contributed by atoms with E-state index in [0.29, 0.717) is 12.1 Å². The fourth-order valence-corrected chi connectivity index (χ4v) is 3.07. The third-order valence-electron chi connectivity index (χ3n) is 4.48. The maximum Gasteiger partial charge on any atom is 0.434 e. The van der Waals surface area contributed by atoms with Crippen molar-refractivity contribution in [1.29, 1.82) is 0 Å². The molecule has 0 atom stereocenters. The zero-order chi connectivity index (χ0) is 18.0. The minimum atomic E-state index is -4.48. The fraction of sp³-hybridized carbons (Fsp3) is 0.500. The van der Waals surface area contributed by atoms with Gasteiger partial charge in [-0.2, -0.15) is 13.2 Å². The molecule has 4 N–H and O–H groups in total. The topological polar surface area (TPSA) is 96.9 Å². The number of alkyl halides is 3. The van der Waals surface area contributed by atoms with Gasteiger partial charge in [-0.15, -0.1) is 5.10 Å². The van der Waals surface area contributed by atoms with E-state index < -0.39 is 17.5 Å². The lowest BCUT2D eigenvalue weighted by molar-refractivity contribution is -0.136. The van der Waals surface area contributed by atoms with Crippen LogP contribution >= 0.6 is 0 Å². The van der Waals surface area contributed by atoms with Crippen LogP contribution in [0.15, 0.2) is 27.4 Å². The van der Waals surface area contributed by atoms with Crippen LogP contribution in [-0.4, -0.2) is 22.8 Å². The van der Waals surface area contributed by atoms with Crippen LogP contribution in [0.2, 0.25) is 0 Å². The van der Waals surface area contributed by atoms with Gasteiger partial charge in [0.2, 0.25) is 5.89 Å². The van der Waals surface area contributed by atoms with Gasteiger partial charge in [-0.25, -0.2) is 9.89 Å². The van der Waals surface area contributed by atoms with Crippen LogP contribution in [0.1, 0.15) is 31.2 Å². The standard InChI is InChI=1S/C16H19F3N4O2/c17-16(18,19)12-6-3-10(14-22-23-15(24)25-14)7-13(12)21-8-9-1-4-11(20)5-2-9/h3,6-7,9,11,21H,1-2,4-5,8,20H2,(H,23,24)/t9-,11+. The van der Waals surface area contributed by atoms with E-state index in [4.69, 9.17) is 10.2 Å². The van der Waals surface area contributed by atoms with E-state index in [-0.39, 0.29) is 23.5 Å². The molecular formula is C16H19F3N4O2. The molecule has 0 saturated heterocycles. The van der Waals surface area contributed by atoms with Crippen molar-refractivity contribution in [1.82, 2.24) is 10.2 Å². The molecule has 1 fully saturated rings. The van der Waals surface area contributed by atoms with Crippen molar-refractivity contribution in [3.63, 3.8) is 0 Å². The third kappa shape index (κ3) is 4.22. The van der Waals surface area contributed by atoms with Crippen LogP contribution in [-0.2, 0) is 6.18 Å². The highest BCUT2D eigenvalue weighted by molar-refractivity contribution is 5.65. The van der Waals surface area contributed by atoms with Crippen molar-refractivity contribution in [3.8, 4) is 11.5 Å². The Morgan fingerprint density at radius 1 is 1.28 bits per heavy atom. The molecule has 6 nitrogen and oxygen atoms in total. The highest BCUT2D eigenvalue weighted by Crippen LogP contribution is 2.37. The van der Waals surface area contributed by atoms with E-state index in [1.807, 2.05) is 0 Å². The summed E-state index contributed by atoms with van der Waals surface area (Å²) in [6, 6.07) is 3.68. The molecule has 0 amide bonds. The molecule has 9 heteroatoms. The summed E-state index contributed by atoms with van der Waals surface area (Å²) in [6.45, 7) is 0.434. The first-order valence-corrected chi connectivity index (χ1v) is 8.09. The van der Waals surface area contributed by atoms with Crippen molar-refractivity contribution in [2.45, 2.75) is 37.9 Å². The van der Waals surface area contributed by atoms with E-state index in [0.717, 1.165) is 31.7 Å². The van der Waals surface area contributed by atoms with Crippen molar-refractivity contribution in [3.05, 3.63) is 34.3 Å². The van der Waals surface area contributed by atoms with Gasteiger partial charge in [0.15, 0.2) is 0 Å². The van der Waals surface area contributed by atoms with Crippen LogP contribution in [0.3, 0.4) is 0 Å². The maximum absolute atomic E-state index is 13.3. The number of nitrogens with one attached hydrogen (secondary N) is 2. The average molecular weight is 356 g/mol. The third-order valence-corrected chi connectivity index (χ3v) is 4.48. The number of aromatic amines is 1. The maximum atomic E-state index is 13.3. The Bertz CT molecular complexity index is 776. The van der Waals surface area contributed by atoms with E-state index in [1.54, 1.807) is 0 Å². The summed E-state index contributed by atoms with van der Waals surface area (Å²) in [5, 5.41) is 8.65. The molecule has 25 heavy (non-hydrogen) atoms. The normalized spacial score (nSPS) is 21.3. The van der Waals surface area contributed by atoms with E-state index in [9.17, 15) is 18.0 Å². The Morgan fingerprint density at radius 2 is 2.00 bits per heavy atom. The summed E-state index contributed by atoms with van der Waals surface area (Å²) < 4.78 is 44.6. The summed E-state index contributed by atoms with van der Waals surface area (Å²) in [5.41, 5.74) is 5.34. The minimum absolute atomic E-state index is 0.0504. The highest BCUT2D eigenvalue weighted by Gasteiger charge is 2.34. The van der Waals surface area contributed by atoms with Gasteiger partial charge in [0.25, 0.3) is 0 Å². The van der Waals surface area contributed by atoms with Crippen LogP contribution in [0.25, 0.3) is 11.5 Å². The van der Waals surface area contributed by atoms with Crippen LogP contribution < -0.4 is 16.8 Å². The molecule has 1 aromatic carbocycles.